The third-order valence-electron chi connectivity index (χ3n) is 5.24. The number of aromatic amines is 2. The smallest absolute Gasteiger partial charge is 0.298 e. The van der Waals surface area contributed by atoms with Gasteiger partial charge < -0.3 is 5.32 Å². The van der Waals surface area contributed by atoms with Crippen LogP contribution in [0.2, 0.25) is 0 Å². The van der Waals surface area contributed by atoms with E-state index < -0.39 is 0 Å². The number of imidazole rings is 1. The number of carbonyl (C=O) groups is 1. The topological polar surface area (TPSA) is 63.1 Å². The molecule has 3 aromatic heterocycles. The number of H-pyrrole nitrogens is 2. The highest BCUT2D eigenvalue weighted by atomic mass is 16.2. The molecule has 1 aliphatic carbocycles. The molecule has 5 heteroatoms. The zero-order valence-electron chi connectivity index (χ0n) is 14.8. The second kappa shape index (κ2) is 6.06. The van der Waals surface area contributed by atoms with Gasteiger partial charge in [-0.15, -0.1) is 0 Å². The van der Waals surface area contributed by atoms with Crippen LogP contribution in [-0.4, -0.2) is 10.9 Å². The van der Waals surface area contributed by atoms with Gasteiger partial charge in [-0.25, -0.2) is 9.97 Å². The molecule has 4 aromatic rings. The van der Waals surface area contributed by atoms with Crippen molar-refractivity contribution in [2.45, 2.75) is 18.4 Å². The zero-order chi connectivity index (χ0) is 18.3. The highest BCUT2D eigenvalue weighted by molar-refractivity contribution is 5.99. The van der Waals surface area contributed by atoms with Crippen molar-refractivity contribution in [2.75, 3.05) is 0 Å². The number of aromatic nitrogens is 3. The van der Waals surface area contributed by atoms with Gasteiger partial charge in [-0.3, -0.25) is 4.79 Å². The summed E-state index contributed by atoms with van der Waals surface area (Å²) in [7, 11) is 0. The summed E-state index contributed by atoms with van der Waals surface area (Å²) in [6.07, 6.45) is 7.68. The number of fused-ring (bicyclic) bond motifs is 1. The lowest BCUT2D eigenvalue weighted by Gasteiger charge is -2.16. The van der Waals surface area contributed by atoms with Gasteiger partial charge in [-0.2, -0.15) is 4.40 Å². The van der Waals surface area contributed by atoms with E-state index in [1.165, 1.54) is 5.56 Å². The zero-order valence-corrected chi connectivity index (χ0v) is 14.8. The number of amides is 1. The normalized spacial score (nSPS) is 14.8. The van der Waals surface area contributed by atoms with Crippen LogP contribution in [0, 0.1) is 0 Å². The molecule has 5 rings (SSSR count). The maximum absolute atomic E-state index is 13.2. The van der Waals surface area contributed by atoms with Crippen molar-refractivity contribution >= 4 is 11.4 Å². The number of rotatable bonds is 4. The minimum Gasteiger partial charge on any atom is -0.339 e. The summed E-state index contributed by atoms with van der Waals surface area (Å²) in [6, 6.07) is 20.0. The number of carbonyl (C=O) groups excluding carboxylic acids is 1. The average Bonchev–Trinajstić information content (AvgIpc) is 3.41. The average molecular weight is 356 g/mol. The van der Waals surface area contributed by atoms with E-state index in [0.29, 0.717) is 5.69 Å². The Labute approximate surface area is 156 Å². The van der Waals surface area contributed by atoms with Gasteiger partial charge in [0.05, 0.1) is 11.7 Å². The van der Waals surface area contributed by atoms with Crippen molar-refractivity contribution < 1.29 is 14.2 Å². The van der Waals surface area contributed by atoms with Crippen LogP contribution in [-0.2, 0) is 5.54 Å². The van der Waals surface area contributed by atoms with Crippen LogP contribution in [0.5, 0.6) is 0 Å². The Bertz CT molecular complexity index is 1110. The molecule has 0 unspecified atom stereocenters. The minimum absolute atomic E-state index is 0.0776. The molecule has 3 heterocycles. The van der Waals surface area contributed by atoms with Crippen LogP contribution >= 0.6 is 0 Å². The predicted octanol–water partition coefficient (Wildman–Crippen LogP) is 2.65. The number of hydrogen-bond donors (Lipinski definition) is 2. The maximum Gasteiger partial charge on any atom is 0.298 e. The van der Waals surface area contributed by atoms with Crippen LogP contribution in [0.1, 0.15) is 28.9 Å². The van der Waals surface area contributed by atoms with E-state index in [9.17, 15) is 4.79 Å². The Balaban J connectivity index is 1.55. The number of nitrogens with zero attached hydrogens (tertiary/aromatic N) is 1. The van der Waals surface area contributed by atoms with Crippen molar-refractivity contribution in [1.82, 2.24) is 10.3 Å². The van der Waals surface area contributed by atoms with Crippen molar-refractivity contribution in [3.05, 3.63) is 90.5 Å². The van der Waals surface area contributed by atoms with Gasteiger partial charge in [0, 0.05) is 6.07 Å². The standard InChI is InChI=1S/C22H18N4O/c27-21(25-22(11-12-22)17-8-2-1-3-9-17)19-18-10-4-5-14-26(18)20(24-19)16-7-6-13-23-15-16/h1-10,13-15H,11-12H2,(H,25,27)/p+2. The Morgan fingerprint density at radius 2 is 1.85 bits per heavy atom. The summed E-state index contributed by atoms with van der Waals surface area (Å²) < 4.78 is 2.01. The Kier molecular flexibility index (Phi) is 3.53. The lowest BCUT2D eigenvalue weighted by Crippen LogP contribution is -2.35. The summed E-state index contributed by atoms with van der Waals surface area (Å²) >= 11 is 0. The summed E-state index contributed by atoms with van der Waals surface area (Å²) in [5.41, 5.74) is 3.35. The molecule has 5 nitrogen and oxygen atoms in total. The molecule has 1 amide bonds. The highest BCUT2D eigenvalue weighted by Crippen LogP contribution is 2.45. The van der Waals surface area contributed by atoms with E-state index in [1.54, 1.807) is 0 Å². The quantitative estimate of drug-likeness (QED) is 0.543. The van der Waals surface area contributed by atoms with E-state index in [2.05, 4.69) is 27.4 Å². The lowest BCUT2D eigenvalue weighted by molar-refractivity contribution is -0.499. The molecule has 1 saturated carbocycles. The van der Waals surface area contributed by atoms with Crippen LogP contribution in [0.15, 0.2) is 79.3 Å². The van der Waals surface area contributed by atoms with E-state index >= 15 is 0 Å². The fourth-order valence-corrected chi connectivity index (χ4v) is 3.66. The summed E-state index contributed by atoms with van der Waals surface area (Å²) in [5, 5.41) is 3.27. The van der Waals surface area contributed by atoms with E-state index in [4.69, 9.17) is 0 Å². The molecule has 0 radical (unpaired) electrons. The molecule has 1 fully saturated rings. The highest BCUT2D eigenvalue weighted by Gasteiger charge is 2.46. The van der Waals surface area contributed by atoms with E-state index in [1.807, 2.05) is 71.5 Å². The second-order valence-electron chi connectivity index (χ2n) is 7.00. The number of hydrogen-bond acceptors (Lipinski definition) is 1. The number of nitrogens with one attached hydrogen (secondary N) is 3. The monoisotopic (exact) mass is 356 g/mol. The van der Waals surface area contributed by atoms with Gasteiger partial charge in [0.2, 0.25) is 5.69 Å². The molecular formula is C22H20N4O+2. The molecule has 0 atom stereocenters. The first-order valence-electron chi connectivity index (χ1n) is 9.14. The second-order valence-corrected chi connectivity index (χ2v) is 7.00. The van der Waals surface area contributed by atoms with Gasteiger partial charge in [-0.05, 0) is 36.6 Å². The van der Waals surface area contributed by atoms with Crippen LogP contribution in [0.3, 0.4) is 0 Å². The molecule has 3 N–H and O–H groups in total. The molecular weight excluding hydrogens is 336 g/mol. The third kappa shape index (κ3) is 2.68. The van der Waals surface area contributed by atoms with Crippen LogP contribution < -0.4 is 14.7 Å². The summed E-state index contributed by atoms with van der Waals surface area (Å²) in [5.74, 6) is 0.795. The fourth-order valence-electron chi connectivity index (χ4n) is 3.66. The van der Waals surface area contributed by atoms with Crippen molar-refractivity contribution in [3.63, 3.8) is 0 Å². The Hall–Kier alpha value is -3.47. The minimum atomic E-state index is -0.240. The van der Waals surface area contributed by atoms with Gasteiger partial charge in [0.1, 0.15) is 5.56 Å². The van der Waals surface area contributed by atoms with Crippen molar-refractivity contribution in [2.24, 2.45) is 0 Å². The molecule has 27 heavy (non-hydrogen) atoms. The van der Waals surface area contributed by atoms with E-state index in [0.717, 1.165) is 29.7 Å². The SMILES string of the molecule is O=C(NC1(c2ccccc2)CC1)c1[nH]c(-c2ccc[nH+]c2)[n+]2ccccc12. The Morgan fingerprint density at radius 3 is 2.59 bits per heavy atom. The molecule has 1 aliphatic rings. The van der Waals surface area contributed by atoms with E-state index in [-0.39, 0.29) is 11.4 Å². The van der Waals surface area contributed by atoms with Gasteiger partial charge >= 0.3 is 0 Å². The predicted molar refractivity (Wildman–Crippen MR) is 101 cm³/mol. The molecule has 0 saturated heterocycles. The molecule has 0 bridgehead atoms. The third-order valence-corrected chi connectivity index (χ3v) is 5.24. The first-order chi connectivity index (χ1) is 13.3. The van der Waals surface area contributed by atoms with Crippen molar-refractivity contribution in [1.29, 1.82) is 0 Å². The number of pyridine rings is 2. The van der Waals surface area contributed by atoms with Crippen molar-refractivity contribution in [3.8, 4) is 11.4 Å². The fraction of sp³-hybridized carbons (Fsp3) is 0.136. The molecule has 0 spiro atoms. The lowest BCUT2D eigenvalue weighted by atomic mass is 10.0. The summed E-state index contributed by atoms with van der Waals surface area (Å²) in [4.78, 5) is 19.6. The molecule has 0 aliphatic heterocycles. The first-order valence-corrected chi connectivity index (χ1v) is 9.14. The number of benzene rings is 1. The van der Waals surface area contributed by atoms with Crippen LogP contribution in [0.25, 0.3) is 16.9 Å². The van der Waals surface area contributed by atoms with Crippen LogP contribution in [0.4, 0.5) is 0 Å². The largest absolute Gasteiger partial charge is 0.339 e. The maximum atomic E-state index is 13.2. The summed E-state index contributed by atoms with van der Waals surface area (Å²) in [6.45, 7) is 0. The van der Waals surface area contributed by atoms with Gasteiger partial charge in [0.25, 0.3) is 11.7 Å². The van der Waals surface area contributed by atoms with Gasteiger partial charge in [-0.1, -0.05) is 36.4 Å². The molecule has 1 aromatic carbocycles. The van der Waals surface area contributed by atoms with Gasteiger partial charge in [0.15, 0.2) is 17.9 Å². The molecule has 132 valence electrons. The first kappa shape index (κ1) is 15.8. The Morgan fingerprint density at radius 1 is 1.04 bits per heavy atom.